The van der Waals surface area contributed by atoms with E-state index in [-0.39, 0.29) is 6.10 Å². The summed E-state index contributed by atoms with van der Waals surface area (Å²) in [7, 11) is 0. The zero-order valence-corrected chi connectivity index (χ0v) is 9.07. The predicted molar refractivity (Wildman–Crippen MR) is 57.9 cm³/mol. The van der Waals surface area contributed by atoms with Gasteiger partial charge in [0.1, 0.15) is 11.9 Å². The van der Waals surface area contributed by atoms with Gasteiger partial charge in [-0.25, -0.2) is 9.97 Å². The molecule has 1 aliphatic rings. The minimum atomic E-state index is 0.263. The minimum absolute atomic E-state index is 0.263. The van der Waals surface area contributed by atoms with Gasteiger partial charge >= 0.3 is 0 Å². The molecule has 0 amide bonds. The van der Waals surface area contributed by atoms with Crippen molar-refractivity contribution < 1.29 is 4.74 Å². The molecular formula is C11H17N3O. The Labute approximate surface area is 90.1 Å². The monoisotopic (exact) mass is 207 g/mol. The maximum Gasteiger partial charge on any atom is 0.156 e. The average molecular weight is 207 g/mol. The van der Waals surface area contributed by atoms with E-state index in [0.717, 1.165) is 31.1 Å². The van der Waals surface area contributed by atoms with Crippen LogP contribution in [0.4, 0.5) is 0 Å². The van der Waals surface area contributed by atoms with Gasteiger partial charge in [-0.05, 0) is 32.7 Å². The predicted octanol–water partition coefficient (Wildman–Crippen LogP) is 1.31. The molecule has 1 aliphatic heterocycles. The third-order valence-corrected chi connectivity index (χ3v) is 2.56. The van der Waals surface area contributed by atoms with Crippen LogP contribution >= 0.6 is 0 Å². The molecule has 1 aromatic rings. The van der Waals surface area contributed by atoms with Crippen LogP contribution in [0.25, 0.3) is 0 Å². The van der Waals surface area contributed by atoms with E-state index in [1.54, 1.807) is 12.4 Å². The number of aryl methyl sites for hydroxylation is 1. The van der Waals surface area contributed by atoms with Crippen LogP contribution in [0.15, 0.2) is 12.4 Å². The van der Waals surface area contributed by atoms with Crippen molar-refractivity contribution in [1.82, 2.24) is 15.3 Å². The zero-order chi connectivity index (χ0) is 10.5. The SMILES string of the molecule is Cc1ncc(OC2CCCCNC2)cn1. The number of hydrogen-bond acceptors (Lipinski definition) is 4. The maximum absolute atomic E-state index is 5.80. The molecule has 0 aliphatic carbocycles. The number of nitrogens with one attached hydrogen (secondary N) is 1. The van der Waals surface area contributed by atoms with Gasteiger partial charge in [-0.3, -0.25) is 0 Å². The number of hydrogen-bond donors (Lipinski definition) is 1. The van der Waals surface area contributed by atoms with Crippen molar-refractivity contribution in [3.8, 4) is 5.75 Å². The van der Waals surface area contributed by atoms with Crippen LogP contribution in [0.5, 0.6) is 5.75 Å². The fourth-order valence-corrected chi connectivity index (χ4v) is 1.72. The van der Waals surface area contributed by atoms with Gasteiger partial charge in [0.05, 0.1) is 12.4 Å². The van der Waals surface area contributed by atoms with Crippen LogP contribution < -0.4 is 10.1 Å². The Morgan fingerprint density at radius 2 is 2.13 bits per heavy atom. The van der Waals surface area contributed by atoms with E-state index in [1.807, 2.05) is 6.92 Å². The first-order valence-electron chi connectivity index (χ1n) is 5.50. The highest BCUT2D eigenvalue weighted by Gasteiger charge is 2.13. The lowest BCUT2D eigenvalue weighted by Crippen LogP contribution is -2.29. The first-order valence-corrected chi connectivity index (χ1v) is 5.50. The molecule has 1 N–H and O–H groups in total. The number of nitrogens with zero attached hydrogens (tertiary/aromatic N) is 2. The standard InChI is InChI=1S/C11H17N3O/c1-9-13-7-11(8-14-9)15-10-4-2-3-5-12-6-10/h7-8,10,12H,2-6H2,1H3. The Kier molecular flexibility index (Phi) is 3.50. The molecule has 2 heterocycles. The van der Waals surface area contributed by atoms with E-state index in [1.165, 1.54) is 12.8 Å². The van der Waals surface area contributed by atoms with Crippen molar-refractivity contribution in [3.63, 3.8) is 0 Å². The van der Waals surface area contributed by atoms with E-state index in [2.05, 4.69) is 15.3 Å². The molecule has 0 spiro atoms. The summed E-state index contributed by atoms with van der Waals surface area (Å²) >= 11 is 0. The van der Waals surface area contributed by atoms with Gasteiger partial charge in [-0.2, -0.15) is 0 Å². The van der Waals surface area contributed by atoms with Crippen molar-refractivity contribution in [2.75, 3.05) is 13.1 Å². The van der Waals surface area contributed by atoms with Crippen molar-refractivity contribution in [1.29, 1.82) is 0 Å². The molecule has 82 valence electrons. The molecule has 1 unspecified atom stereocenters. The Bertz CT molecular complexity index is 291. The summed E-state index contributed by atoms with van der Waals surface area (Å²) in [6.07, 6.45) is 7.33. The quantitative estimate of drug-likeness (QED) is 0.794. The summed E-state index contributed by atoms with van der Waals surface area (Å²) in [5.41, 5.74) is 0. The van der Waals surface area contributed by atoms with Crippen LogP contribution in [-0.2, 0) is 0 Å². The van der Waals surface area contributed by atoms with Crippen LogP contribution in [0, 0.1) is 6.92 Å². The van der Waals surface area contributed by atoms with E-state index in [9.17, 15) is 0 Å². The van der Waals surface area contributed by atoms with Crippen molar-refractivity contribution in [3.05, 3.63) is 18.2 Å². The molecule has 0 radical (unpaired) electrons. The summed E-state index contributed by atoms with van der Waals surface area (Å²) < 4.78 is 5.80. The molecule has 1 saturated heterocycles. The van der Waals surface area contributed by atoms with Crippen molar-refractivity contribution >= 4 is 0 Å². The third kappa shape index (κ3) is 3.16. The molecule has 1 fully saturated rings. The van der Waals surface area contributed by atoms with E-state index in [0.29, 0.717) is 0 Å². The maximum atomic E-state index is 5.80. The normalized spacial score (nSPS) is 22.1. The lowest BCUT2D eigenvalue weighted by atomic mass is 10.2. The van der Waals surface area contributed by atoms with Gasteiger partial charge in [0.15, 0.2) is 5.75 Å². The van der Waals surface area contributed by atoms with Crippen LogP contribution in [0.3, 0.4) is 0 Å². The summed E-state index contributed by atoms with van der Waals surface area (Å²) in [5.74, 6) is 1.55. The van der Waals surface area contributed by atoms with Crippen LogP contribution in [0.2, 0.25) is 0 Å². The fraction of sp³-hybridized carbons (Fsp3) is 0.636. The van der Waals surface area contributed by atoms with Crippen LogP contribution in [0.1, 0.15) is 25.1 Å². The lowest BCUT2D eigenvalue weighted by Gasteiger charge is -2.16. The molecule has 0 bridgehead atoms. The molecule has 4 nitrogen and oxygen atoms in total. The topological polar surface area (TPSA) is 47.0 Å². The van der Waals surface area contributed by atoms with E-state index < -0.39 is 0 Å². The summed E-state index contributed by atoms with van der Waals surface area (Å²) in [4.78, 5) is 8.22. The number of aromatic nitrogens is 2. The summed E-state index contributed by atoms with van der Waals surface area (Å²) in [6.45, 7) is 3.90. The Hall–Kier alpha value is -1.16. The smallest absolute Gasteiger partial charge is 0.156 e. The van der Waals surface area contributed by atoms with Gasteiger partial charge in [-0.15, -0.1) is 0 Å². The molecule has 0 saturated carbocycles. The highest BCUT2D eigenvalue weighted by Crippen LogP contribution is 2.13. The van der Waals surface area contributed by atoms with Gasteiger partial charge < -0.3 is 10.1 Å². The average Bonchev–Trinajstić information content (AvgIpc) is 2.50. The largest absolute Gasteiger partial charge is 0.486 e. The number of rotatable bonds is 2. The first-order chi connectivity index (χ1) is 7.34. The summed E-state index contributed by atoms with van der Waals surface area (Å²) in [6, 6.07) is 0. The second kappa shape index (κ2) is 5.07. The fourth-order valence-electron chi connectivity index (χ4n) is 1.72. The van der Waals surface area contributed by atoms with E-state index >= 15 is 0 Å². The molecule has 4 heteroatoms. The van der Waals surface area contributed by atoms with Crippen LogP contribution in [-0.4, -0.2) is 29.2 Å². The molecule has 1 aromatic heterocycles. The molecule has 0 aromatic carbocycles. The second-order valence-corrected chi connectivity index (χ2v) is 3.91. The molecular weight excluding hydrogens is 190 g/mol. The molecule has 15 heavy (non-hydrogen) atoms. The third-order valence-electron chi connectivity index (χ3n) is 2.56. The van der Waals surface area contributed by atoms with Gasteiger partial charge in [0, 0.05) is 6.54 Å². The van der Waals surface area contributed by atoms with Gasteiger partial charge in [-0.1, -0.05) is 0 Å². The van der Waals surface area contributed by atoms with E-state index in [4.69, 9.17) is 4.74 Å². The van der Waals surface area contributed by atoms with Crippen molar-refractivity contribution in [2.45, 2.75) is 32.3 Å². The zero-order valence-electron chi connectivity index (χ0n) is 9.07. The van der Waals surface area contributed by atoms with Gasteiger partial charge in [0.25, 0.3) is 0 Å². The minimum Gasteiger partial charge on any atom is -0.486 e. The molecule has 2 rings (SSSR count). The highest BCUT2D eigenvalue weighted by atomic mass is 16.5. The lowest BCUT2D eigenvalue weighted by molar-refractivity contribution is 0.193. The van der Waals surface area contributed by atoms with Gasteiger partial charge in [0.2, 0.25) is 0 Å². The number of ether oxygens (including phenoxy) is 1. The molecule has 1 atom stereocenters. The Morgan fingerprint density at radius 3 is 2.93 bits per heavy atom. The van der Waals surface area contributed by atoms with Crippen molar-refractivity contribution in [2.24, 2.45) is 0 Å². The second-order valence-electron chi connectivity index (χ2n) is 3.91. The Balaban J connectivity index is 1.92. The highest BCUT2D eigenvalue weighted by molar-refractivity contribution is 5.12. The summed E-state index contributed by atoms with van der Waals surface area (Å²) in [5, 5.41) is 3.36. The first kappa shape index (κ1) is 10.4. The Morgan fingerprint density at radius 1 is 1.33 bits per heavy atom.